The Morgan fingerprint density at radius 3 is 2.57 bits per heavy atom. The largest absolute Gasteiger partial charge is 0.490 e. The maximum absolute atomic E-state index is 7.44. The van der Waals surface area contributed by atoms with Crippen LogP contribution in [0.3, 0.4) is 0 Å². The SMILES string of the molecule is CCOc1cc(C(=N)N)ccc1OCCCOCCOC. The number of amidine groups is 1. The Balaban J connectivity index is 2.44. The van der Waals surface area contributed by atoms with Crippen LogP contribution in [0.1, 0.15) is 18.9 Å². The van der Waals surface area contributed by atoms with Gasteiger partial charge in [0.2, 0.25) is 0 Å². The Kier molecular flexibility index (Phi) is 8.23. The summed E-state index contributed by atoms with van der Waals surface area (Å²) in [4.78, 5) is 0. The van der Waals surface area contributed by atoms with Gasteiger partial charge in [0.15, 0.2) is 11.5 Å². The molecule has 0 heterocycles. The average Bonchev–Trinajstić information content (AvgIpc) is 2.47. The molecular formula is C15H24N2O4. The van der Waals surface area contributed by atoms with Crippen molar-refractivity contribution in [2.75, 3.05) is 40.1 Å². The van der Waals surface area contributed by atoms with Gasteiger partial charge < -0.3 is 24.7 Å². The molecule has 21 heavy (non-hydrogen) atoms. The Morgan fingerprint density at radius 1 is 1.10 bits per heavy atom. The summed E-state index contributed by atoms with van der Waals surface area (Å²) in [5.41, 5.74) is 6.09. The lowest BCUT2D eigenvalue weighted by Crippen LogP contribution is -2.12. The van der Waals surface area contributed by atoms with Gasteiger partial charge in [-0.3, -0.25) is 5.41 Å². The molecule has 0 unspecified atom stereocenters. The Morgan fingerprint density at radius 2 is 1.90 bits per heavy atom. The van der Waals surface area contributed by atoms with Crippen LogP contribution in [0, 0.1) is 5.41 Å². The molecule has 0 aromatic heterocycles. The molecule has 118 valence electrons. The summed E-state index contributed by atoms with van der Waals surface area (Å²) >= 11 is 0. The lowest BCUT2D eigenvalue weighted by atomic mass is 10.2. The maximum atomic E-state index is 7.44. The van der Waals surface area contributed by atoms with Crippen molar-refractivity contribution in [2.24, 2.45) is 5.73 Å². The Bertz CT molecular complexity index is 438. The predicted molar refractivity (Wildman–Crippen MR) is 81.4 cm³/mol. The minimum atomic E-state index is 0.00838. The normalized spacial score (nSPS) is 10.4. The number of benzene rings is 1. The summed E-state index contributed by atoms with van der Waals surface area (Å²) in [5, 5.41) is 7.44. The molecule has 1 rings (SSSR count). The van der Waals surface area contributed by atoms with E-state index in [4.69, 9.17) is 30.1 Å². The number of ether oxygens (including phenoxy) is 4. The molecule has 0 amide bonds. The third-order valence-electron chi connectivity index (χ3n) is 2.68. The number of methoxy groups -OCH3 is 1. The van der Waals surface area contributed by atoms with Crippen LogP contribution in [0.4, 0.5) is 0 Å². The van der Waals surface area contributed by atoms with E-state index in [1.54, 1.807) is 25.3 Å². The van der Waals surface area contributed by atoms with Crippen LogP contribution in [-0.4, -0.2) is 46.0 Å². The topological polar surface area (TPSA) is 86.8 Å². The molecule has 6 heteroatoms. The fraction of sp³-hybridized carbons (Fsp3) is 0.533. The van der Waals surface area contributed by atoms with Crippen molar-refractivity contribution in [3.8, 4) is 11.5 Å². The lowest BCUT2D eigenvalue weighted by molar-refractivity contribution is 0.0642. The first-order valence-electron chi connectivity index (χ1n) is 6.99. The van der Waals surface area contributed by atoms with E-state index < -0.39 is 0 Å². The van der Waals surface area contributed by atoms with E-state index in [2.05, 4.69) is 0 Å². The molecule has 0 saturated carbocycles. The molecule has 0 aliphatic carbocycles. The van der Waals surface area contributed by atoms with E-state index in [1.807, 2.05) is 6.92 Å². The molecule has 0 bridgehead atoms. The van der Waals surface area contributed by atoms with E-state index in [9.17, 15) is 0 Å². The molecule has 0 aliphatic rings. The molecule has 3 N–H and O–H groups in total. The van der Waals surface area contributed by atoms with Crippen LogP contribution in [0.5, 0.6) is 11.5 Å². The van der Waals surface area contributed by atoms with E-state index in [1.165, 1.54) is 0 Å². The highest BCUT2D eigenvalue weighted by molar-refractivity contribution is 5.95. The number of nitrogens with two attached hydrogens (primary N) is 1. The molecule has 0 saturated heterocycles. The fourth-order valence-corrected chi connectivity index (χ4v) is 1.65. The zero-order chi connectivity index (χ0) is 15.5. The third-order valence-corrected chi connectivity index (χ3v) is 2.68. The zero-order valence-electron chi connectivity index (χ0n) is 12.7. The van der Waals surface area contributed by atoms with Crippen molar-refractivity contribution in [3.63, 3.8) is 0 Å². The monoisotopic (exact) mass is 296 g/mol. The maximum Gasteiger partial charge on any atom is 0.161 e. The molecule has 0 spiro atoms. The van der Waals surface area contributed by atoms with E-state index in [-0.39, 0.29) is 5.84 Å². The fourth-order valence-electron chi connectivity index (χ4n) is 1.65. The van der Waals surface area contributed by atoms with Gasteiger partial charge in [-0.1, -0.05) is 0 Å². The molecule has 1 aromatic rings. The van der Waals surface area contributed by atoms with Crippen molar-refractivity contribution in [1.29, 1.82) is 5.41 Å². The van der Waals surface area contributed by atoms with E-state index >= 15 is 0 Å². The minimum Gasteiger partial charge on any atom is -0.490 e. The third kappa shape index (κ3) is 6.46. The second-order valence-corrected chi connectivity index (χ2v) is 4.32. The number of hydrogen-bond acceptors (Lipinski definition) is 5. The molecule has 0 aliphatic heterocycles. The minimum absolute atomic E-state index is 0.00838. The van der Waals surface area contributed by atoms with Gasteiger partial charge in [0.25, 0.3) is 0 Å². The van der Waals surface area contributed by atoms with Gasteiger partial charge in [-0.05, 0) is 25.1 Å². The second kappa shape index (κ2) is 10.0. The predicted octanol–water partition coefficient (Wildman–Crippen LogP) is 1.80. The summed E-state index contributed by atoms with van der Waals surface area (Å²) in [7, 11) is 1.65. The number of hydrogen-bond donors (Lipinski definition) is 2. The standard InChI is InChI=1S/C15H24N2O4/c1-3-20-14-11-12(15(16)17)5-6-13(14)21-8-4-7-19-10-9-18-2/h5-6,11H,3-4,7-10H2,1-2H3,(H3,16,17). The van der Waals surface area contributed by atoms with Gasteiger partial charge in [-0.2, -0.15) is 0 Å². The molecule has 0 radical (unpaired) electrons. The van der Waals surface area contributed by atoms with Crippen molar-refractivity contribution >= 4 is 5.84 Å². The number of rotatable bonds is 11. The summed E-state index contributed by atoms with van der Waals surface area (Å²) in [6.45, 7) is 4.77. The van der Waals surface area contributed by atoms with Gasteiger partial charge in [-0.25, -0.2) is 0 Å². The molecule has 1 aromatic carbocycles. The van der Waals surface area contributed by atoms with Gasteiger partial charge >= 0.3 is 0 Å². The highest BCUT2D eigenvalue weighted by Crippen LogP contribution is 2.28. The van der Waals surface area contributed by atoms with Crippen molar-refractivity contribution < 1.29 is 18.9 Å². The van der Waals surface area contributed by atoms with Gasteiger partial charge in [0.1, 0.15) is 5.84 Å². The highest BCUT2D eigenvalue weighted by atomic mass is 16.5. The molecule has 0 fully saturated rings. The van der Waals surface area contributed by atoms with Crippen LogP contribution in [0.2, 0.25) is 0 Å². The Labute approximate surface area is 125 Å². The highest BCUT2D eigenvalue weighted by Gasteiger charge is 2.08. The summed E-state index contributed by atoms with van der Waals surface area (Å²) in [5.74, 6) is 1.26. The van der Waals surface area contributed by atoms with Crippen molar-refractivity contribution in [3.05, 3.63) is 23.8 Å². The van der Waals surface area contributed by atoms with Crippen LogP contribution >= 0.6 is 0 Å². The van der Waals surface area contributed by atoms with Gasteiger partial charge in [-0.15, -0.1) is 0 Å². The lowest BCUT2D eigenvalue weighted by Gasteiger charge is -2.13. The molecule has 6 nitrogen and oxygen atoms in total. The molecule has 0 atom stereocenters. The first kappa shape index (κ1) is 17.3. The number of nitrogens with one attached hydrogen (secondary N) is 1. The van der Waals surface area contributed by atoms with Crippen molar-refractivity contribution in [1.82, 2.24) is 0 Å². The smallest absolute Gasteiger partial charge is 0.161 e. The number of nitrogen functional groups attached to an aromatic ring is 1. The van der Waals surface area contributed by atoms with Gasteiger partial charge in [0.05, 0.1) is 26.4 Å². The van der Waals surface area contributed by atoms with E-state index in [0.717, 1.165) is 6.42 Å². The second-order valence-electron chi connectivity index (χ2n) is 4.32. The summed E-state index contributed by atoms with van der Waals surface area (Å²) < 4.78 is 21.4. The van der Waals surface area contributed by atoms with Crippen LogP contribution in [0.25, 0.3) is 0 Å². The van der Waals surface area contributed by atoms with E-state index in [0.29, 0.717) is 50.1 Å². The summed E-state index contributed by atoms with van der Waals surface area (Å²) in [6.07, 6.45) is 0.781. The van der Waals surface area contributed by atoms with Crippen LogP contribution < -0.4 is 15.2 Å². The average molecular weight is 296 g/mol. The van der Waals surface area contributed by atoms with Gasteiger partial charge in [0, 0.05) is 25.7 Å². The van der Waals surface area contributed by atoms with Crippen LogP contribution in [-0.2, 0) is 9.47 Å². The first-order chi connectivity index (χ1) is 10.2. The quantitative estimate of drug-likeness (QED) is 0.369. The zero-order valence-corrected chi connectivity index (χ0v) is 12.7. The first-order valence-corrected chi connectivity index (χ1v) is 6.99. The Hall–Kier alpha value is -1.79. The summed E-state index contributed by atoms with van der Waals surface area (Å²) in [6, 6.07) is 5.24. The van der Waals surface area contributed by atoms with Crippen molar-refractivity contribution in [2.45, 2.75) is 13.3 Å². The molecular weight excluding hydrogens is 272 g/mol. The van der Waals surface area contributed by atoms with Crippen LogP contribution in [0.15, 0.2) is 18.2 Å².